The van der Waals surface area contributed by atoms with Gasteiger partial charge in [-0.15, -0.1) is 0 Å². The molecule has 1 fully saturated rings. The van der Waals surface area contributed by atoms with E-state index in [9.17, 15) is 13.2 Å². The third kappa shape index (κ3) is 4.98. The summed E-state index contributed by atoms with van der Waals surface area (Å²) in [6, 6.07) is 13.9. The number of benzene rings is 2. The van der Waals surface area contributed by atoms with E-state index < -0.39 is 10.0 Å². The van der Waals surface area contributed by atoms with Crippen LogP contribution in [0.25, 0.3) is 0 Å². The number of unbranched alkanes of at least 4 members (excludes halogenated alkanes) is 1. The number of nitrogens with one attached hydrogen (secondary N) is 1. The smallest absolute Gasteiger partial charge is 0.255 e. The van der Waals surface area contributed by atoms with Crippen LogP contribution in [-0.4, -0.2) is 44.9 Å². The SMILES string of the molecule is CCCCc1ccc(NC(=O)c2ccc(S(=O)(=O)N3CCOCC3)cc2)cc1. The van der Waals surface area contributed by atoms with Gasteiger partial charge in [-0.05, 0) is 54.8 Å². The second kappa shape index (κ2) is 9.32. The molecule has 28 heavy (non-hydrogen) atoms. The summed E-state index contributed by atoms with van der Waals surface area (Å²) in [5, 5.41) is 2.85. The number of hydrogen-bond donors (Lipinski definition) is 1. The summed E-state index contributed by atoms with van der Waals surface area (Å²) < 4.78 is 31.9. The molecule has 0 unspecified atom stereocenters. The van der Waals surface area contributed by atoms with Gasteiger partial charge in [0.05, 0.1) is 18.1 Å². The lowest BCUT2D eigenvalue weighted by Gasteiger charge is -2.26. The largest absolute Gasteiger partial charge is 0.379 e. The first-order valence-corrected chi connectivity index (χ1v) is 11.0. The van der Waals surface area contributed by atoms with Gasteiger partial charge in [0.15, 0.2) is 0 Å². The summed E-state index contributed by atoms with van der Waals surface area (Å²) in [5.74, 6) is -0.267. The highest BCUT2D eigenvalue weighted by molar-refractivity contribution is 7.89. The number of carbonyl (C=O) groups is 1. The molecule has 0 aromatic heterocycles. The summed E-state index contributed by atoms with van der Waals surface area (Å²) in [7, 11) is -3.55. The van der Waals surface area contributed by atoms with E-state index in [0.717, 1.165) is 24.9 Å². The summed E-state index contributed by atoms with van der Waals surface area (Å²) in [6.45, 7) is 3.65. The minimum Gasteiger partial charge on any atom is -0.379 e. The Kier molecular flexibility index (Phi) is 6.83. The lowest BCUT2D eigenvalue weighted by molar-refractivity contribution is 0.0730. The number of hydrogen-bond acceptors (Lipinski definition) is 4. The van der Waals surface area contributed by atoms with Crippen LogP contribution in [0.3, 0.4) is 0 Å². The number of anilines is 1. The highest BCUT2D eigenvalue weighted by Gasteiger charge is 2.26. The molecule has 3 rings (SSSR count). The fourth-order valence-electron chi connectivity index (χ4n) is 3.05. The first kappa shape index (κ1) is 20.5. The molecule has 1 aliphatic heterocycles. The van der Waals surface area contributed by atoms with E-state index in [0.29, 0.717) is 31.9 Å². The molecule has 1 saturated heterocycles. The van der Waals surface area contributed by atoms with Gasteiger partial charge in [-0.1, -0.05) is 25.5 Å². The molecule has 1 N–H and O–H groups in total. The fourth-order valence-corrected chi connectivity index (χ4v) is 4.46. The minimum atomic E-state index is -3.55. The maximum atomic E-state index is 12.6. The van der Waals surface area contributed by atoms with Gasteiger partial charge in [-0.3, -0.25) is 4.79 Å². The van der Waals surface area contributed by atoms with Gasteiger partial charge >= 0.3 is 0 Å². The van der Waals surface area contributed by atoms with Crippen LogP contribution in [0.2, 0.25) is 0 Å². The molecule has 0 saturated carbocycles. The maximum Gasteiger partial charge on any atom is 0.255 e. The molecule has 6 nitrogen and oxygen atoms in total. The van der Waals surface area contributed by atoms with Crippen molar-refractivity contribution < 1.29 is 17.9 Å². The number of amides is 1. The van der Waals surface area contributed by atoms with Crippen molar-refractivity contribution >= 4 is 21.6 Å². The average Bonchev–Trinajstić information content (AvgIpc) is 2.74. The second-order valence-electron chi connectivity index (χ2n) is 6.80. The number of sulfonamides is 1. The normalized spacial score (nSPS) is 15.3. The number of rotatable bonds is 7. The zero-order valence-electron chi connectivity index (χ0n) is 16.1. The van der Waals surface area contributed by atoms with Crippen LogP contribution >= 0.6 is 0 Å². The second-order valence-corrected chi connectivity index (χ2v) is 8.73. The molecule has 150 valence electrons. The Hall–Kier alpha value is -2.22. The van der Waals surface area contributed by atoms with Crippen molar-refractivity contribution in [3.05, 3.63) is 59.7 Å². The molecular formula is C21H26N2O4S. The quantitative estimate of drug-likeness (QED) is 0.771. The van der Waals surface area contributed by atoms with Gasteiger partial charge in [0, 0.05) is 24.3 Å². The monoisotopic (exact) mass is 402 g/mol. The fraction of sp³-hybridized carbons (Fsp3) is 0.381. The Bertz CT molecular complexity index is 887. The van der Waals surface area contributed by atoms with Gasteiger partial charge < -0.3 is 10.1 Å². The Morgan fingerprint density at radius 1 is 1.04 bits per heavy atom. The Labute approximate surface area is 166 Å². The van der Waals surface area contributed by atoms with Crippen LogP contribution in [0, 0.1) is 0 Å². The summed E-state index contributed by atoms with van der Waals surface area (Å²) in [4.78, 5) is 12.6. The summed E-state index contributed by atoms with van der Waals surface area (Å²) in [6.07, 6.45) is 3.32. The molecule has 1 amide bonds. The van der Waals surface area contributed by atoms with Gasteiger partial charge in [0.2, 0.25) is 10.0 Å². The first-order chi connectivity index (χ1) is 13.5. The minimum absolute atomic E-state index is 0.186. The molecule has 2 aromatic carbocycles. The molecule has 7 heteroatoms. The third-order valence-electron chi connectivity index (χ3n) is 4.76. The third-order valence-corrected chi connectivity index (χ3v) is 6.67. The predicted octanol–water partition coefficient (Wildman–Crippen LogP) is 3.30. The van der Waals surface area contributed by atoms with Crippen molar-refractivity contribution in [2.24, 2.45) is 0 Å². The van der Waals surface area contributed by atoms with Crippen molar-refractivity contribution in [1.29, 1.82) is 0 Å². The van der Waals surface area contributed by atoms with Crippen molar-refractivity contribution in [2.45, 2.75) is 31.1 Å². The lowest BCUT2D eigenvalue weighted by atomic mass is 10.1. The summed E-state index contributed by atoms with van der Waals surface area (Å²) >= 11 is 0. The lowest BCUT2D eigenvalue weighted by Crippen LogP contribution is -2.40. The number of aryl methyl sites for hydroxylation is 1. The average molecular weight is 403 g/mol. The number of carbonyl (C=O) groups excluding carboxylic acids is 1. The molecule has 0 radical (unpaired) electrons. The Morgan fingerprint density at radius 3 is 2.29 bits per heavy atom. The maximum absolute atomic E-state index is 12.6. The standard InChI is InChI=1S/C21H26N2O4S/c1-2-3-4-17-5-9-19(10-6-17)22-21(24)18-7-11-20(12-8-18)28(25,26)23-13-15-27-16-14-23/h5-12H,2-4,13-16H2,1H3,(H,22,24). The molecule has 1 heterocycles. The van der Waals surface area contributed by atoms with Crippen LogP contribution in [0.4, 0.5) is 5.69 Å². The number of nitrogens with zero attached hydrogens (tertiary/aromatic N) is 1. The van der Waals surface area contributed by atoms with Crippen molar-refractivity contribution in [2.75, 3.05) is 31.6 Å². The van der Waals surface area contributed by atoms with E-state index in [-0.39, 0.29) is 10.8 Å². The van der Waals surface area contributed by atoms with Crippen LogP contribution in [-0.2, 0) is 21.2 Å². The number of morpholine rings is 1. The van der Waals surface area contributed by atoms with Crippen LogP contribution in [0.15, 0.2) is 53.4 Å². The topological polar surface area (TPSA) is 75.7 Å². The highest BCUT2D eigenvalue weighted by Crippen LogP contribution is 2.19. The molecule has 2 aromatic rings. The van der Waals surface area contributed by atoms with E-state index in [2.05, 4.69) is 12.2 Å². The number of ether oxygens (including phenoxy) is 1. The van der Waals surface area contributed by atoms with Crippen LogP contribution in [0.1, 0.15) is 35.7 Å². The zero-order chi connectivity index (χ0) is 20.0. The Morgan fingerprint density at radius 2 is 1.68 bits per heavy atom. The highest BCUT2D eigenvalue weighted by atomic mass is 32.2. The summed E-state index contributed by atoms with van der Waals surface area (Å²) in [5.41, 5.74) is 2.38. The molecule has 0 atom stereocenters. The van der Waals surface area contributed by atoms with Gasteiger partial charge in [0.1, 0.15) is 0 Å². The van der Waals surface area contributed by atoms with E-state index in [4.69, 9.17) is 4.74 Å². The van der Waals surface area contributed by atoms with Crippen LogP contribution in [0.5, 0.6) is 0 Å². The van der Waals surface area contributed by atoms with Gasteiger partial charge in [-0.2, -0.15) is 4.31 Å². The van der Waals surface area contributed by atoms with Crippen molar-refractivity contribution in [3.63, 3.8) is 0 Å². The zero-order valence-corrected chi connectivity index (χ0v) is 16.9. The van der Waals surface area contributed by atoms with Crippen LogP contribution < -0.4 is 5.32 Å². The molecule has 0 bridgehead atoms. The predicted molar refractivity (Wildman–Crippen MR) is 109 cm³/mol. The molecular weight excluding hydrogens is 376 g/mol. The van der Waals surface area contributed by atoms with E-state index in [1.165, 1.54) is 34.1 Å². The first-order valence-electron chi connectivity index (χ1n) is 9.59. The van der Waals surface area contributed by atoms with Crippen molar-refractivity contribution in [3.8, 4) is 0 Å². The van der Waals surface area contributed by atoms with Gasteiger partial charge in [0.25, 0.3) is 5.91 Å². The van der Waals surface area contributed by atoms with Gasteiger partial charge in [-0.25, -0.2) is 8.42 Å². The van der Waals surface area contributed by atoms with E-state index in [1.807, 2.05) is 24.3 Å². The van der Waals surface area contributed by atoms with E-state index >= 15 is 0 Å². The van der Waals surface area contributed by atoms with Crippen molar-refractivity contribution in [1.82, 2.24) is 4.31 Å². The molecule has 1 aliphatic rings. The van der Waals surface area contributed by atoms with E-state index in [1.54, 1.807) is 0 Å². The molecule has 0 aliphatic carbocycles. The Balaban J connectivity index is 1.65. The molecule has 0 spiro atoms.